The third-order valence-corrected chi connectivity index (χ3v) is 5.15. The molecule has 162 valence electrons. The summed E-state index contributed by atoms with van der Waals surface area (Å²) in [6, 6.07) is 12.4. The minimum Gasteiger partial charge on any atom is -0.454 e. The van der Waals surface area contributed by atoms with Crippen LogP contribution < -0.4 is 9.47 Å². The summed E-state index contributed by atoms with van der Waals surface area (Å²) in [5.74, 6) is 1.32. The molecule has 0 spiro atoms. The Labute approximate surface area is 180 Å². The first-order chi connectivity index (χ1) is 15.0. The zero-order chi connectivity index (χ0) is 21.8. The molecule has 1 amide bonds. The average Bonchev–Trinajstić information content (AvgIpc) is 3.43. The highest BCUT2D eigenvalue weighted by molar-refractivity contribution is 5.91. The highest BCUT2D eigenvalue weighted by Crippen LogP contribution is 2.33. The number of hydrogen-bond donors (Lipinski definition) is 0. The number of nitrogens with zero attached hydrogens (tertiary/aromatic N) is 3. The molecule has 3 aromatic rings. The molecule has 1 aliphatic rings. The molecule has 0 radical (unpaired) electrons. The first-order valence-corrected chi connectivity index (χ1v) is 10.1. The lowest BCUT2D eigenvalue weighted by Gasteiger charge is -2.21. The number of carbonyl (C=O) groups is 1. The molecule has 4 rings (SSSR count). The largest absolute Gasteiger partial charge is 0.454 e. The van der Waals surface area contributed by atoms with E-state index in [2.05, 4.69) is 4.98 Å². The van der Waals surface area contributed by atoms with Crippen LogP contribution in [0.4, 0.5) is 4.39 Å². The Kier molecular flexibility index (Phi) is 6.18. The molecule has 0 N–H and O–H groups in total. The lowest BCUT2D eigenvalue weighted by Crippen LogP contribution is -2.27. The Balaban J connectivity index is 1.54. The summed E-state index contributed by atoms with van der Waals surface area (Å²) in [5, 5.41) is 0. The normalized spacial score (nSPS) is 12.4. The van der Waals surface area contributed by atoms with Gasteiger partial charge in [0.25, 0.3) is 5.91 Å². The second-order valence-corrected chi connectivity index (χ2v) is 7.37. The second kappa shape index (κ2) is 9.18. The molecule has 0 saturated carbocycles. The average molecular weight is 425 g/mol. The van der Waals surface area contributed by atoms with Gasteiger partial charge in [0.05, 0.1) is 6.54 Å². The molecule has 0 aliphatic carbocycles. The minimum absolute atomic E-state index is 0.200. The lowest BCUT2D eigenvalue weighted by atomic mass is 10.1. The number of fused-ring (bicyclic) bond motifs is 1. The molecule has 1 aromatic heterocycles. The number of amides is 1. The topological polar surface area (TPSA) is 68.0 Å². The van der Waals surface area contributed by atoms with Crippen molar-refractivity contribution in [1.82, 2.24) is 14.8 Å². The number of rotatable bonds is 8. The summed E-state index contributed by atoms with van der Waals surface area (Å²) >= 11 is 0. The monoisotopic (exact) mass is 425 g/mol. The predicted octanol–water partition coefficient (Wildman–Crippen LogP) is 3.84. The van der Waals surface area contributed by atoms with Crippen LogP contribution in [0.3, 0.4) is 0 Å². The number of aromatic nitrogens is 1. The van der Waals surface area contributed by atoms with E-state index in [1.165, 1.54) is 12.3 Å². The van der Waals surface area contributed by atoms with E-state index in [0.29, 0.717) is 49.1 Å². The molecule has 8 heteroatoms. The molecular formula is C23H24FN3O4. The number of hydrogen-bond acceptors (Lipinski definition) is 6. The molecule has 7 nitrogen and oxygen atoms in total. The van der Waals surface area contributed by atoms with Crippen LogP contribution in [0.15, 0.2) is 53.1 Å². The van der Waals surface area contributed by atoms with Gasteiger partial charge in [0, 0.05) is 32.2 Å². The van der Waals surface area contributed by atoms with Gasteiger partial charge in [-0.3, -0.25) is 9.69 Å². The maximum absolute atomic E-state index is 14.3. The maximum Gasteiger partial charge on any atom is 0.275 e. The van der Waals surface area contributed by atoms with Crippen LogP contribution in [0.2, 0.25) is 0 Å². The summed E-state index contributed by atoms with van der Waals surface area (Å²) in [6.45, 7) is 3.83. The van der Waals surface area contributed by atoms with Gasteiger partial charge >= 0.3 is 0 Å². The van der Waals surface area contributed by atoms with E-state index in [1.807, 2.05) is 30.0 Å². The fourth-order valence-electron chi connectivity index (χ4n) is 3.34. The number of ether oxygens (including phenoxy) is 2. The molecule has 0 fully saturated rings. The first-order valence-electron chi connectivity index (χ1n) is 10.1. The summed E-state index contributed by atoms with van der Waals surface area (Å²) < 4.78 is 30.7. The van der Waals surface area contributed by atoms with Crippen molar-refractivity contribution in [2.24, 2.45) is 0 Å². The summed E-state index contributed by atoms with van der Waals surface area (Å²) in [4.78, 5) is 20.2. The molecular weight excluding hydrogens is 401 g/mol. The van der Waals surface area contributed by atoms with E-state index in [9.17, 15) is 9.18 Å². The van der Waals surface area contributed by atoms with Gasteiger partial charge in [0.1, 0.15) is 12.1 Å². The van der Waals surface area contributed by atoms with Gasteiger partial charge in [-0.1, -0.05) is 24.3 Å². The molecule has 0 saturated heterocycles. The standard InChI is InChI=1S/C23H24FN3O4/c1-3-26(2)23(28)19-14-29-22(25-19)13-27(12-17-6-4-5-7-18(17)24)11-16-8-9-20-21(10-16)31-15-30-20/h4-10,14H,3,11-13,15H2,1-2H3. The number of benzene rings is 2. The second-order valence-electron chi connectivity index (χ2n) is 7.37. The summed E-state index contributed by atoms with van der Waals surface area (Å²) in [7, 11) is 1.71. The van der Waals surface area contributed by atoms with Crippen molar-refractivity contribution in [3.05, 3.63) is 77.3 Å². The van der Waals surface area contributed by atoms with Gasteiger partial charge in [-0.25, -0.2) is 9.37 Å². The highest BCUT2D eigenvalue weighted by Gasteiger charge is 2.20. The third kappa shape index (κ3) is 4.86. The highest BCUT2D eigenvalue weighted by atomic mass is 19.1. The fraction of sp³-hybridized carbons (Fsp3) is 0.304. The lowest BCUT2D eigenvalue weighted by molar-refractivity contribution is 0.0796. The molecule has 2 heterocycles. The van der Waals surface area contributed by atoms with Crippen LogP contribution in [-0.2, 0) is 19.6 Å². The Morgan fingerprint density at radius 1 is 1.10 bits per heavy atom. The van der Waals surface area contributed by atoms with Crippen LogP contribution in [0.1, 0.15) is 34.4 Å². The zero-order valence-corrected chi connectivity index (χ0v) is 17.5. The van der Waals surface area contributed by atoms with E-state index in [0.717, 1.165) is 5.56 Å². The van der Waals surface area contributed by atoms with E-state index in [-0.39, 0.29) is 24.2 Å². The Morgan fingerprint density at radius 2 is 1.90 bits per heavy atom. The zero-order valence-electron chi connectivity index (χ0n) is 17.5. The number of oxazole rings is 1. The van der Waals surface area contributed by atoms with Crippen LogP contribution in [0, 0.1) is 5.82 Å². The van der Waals surface area contributed by atoms with Crippen molar-refractivity contribution >= 4 is 5.91 Å². The molecule has 31 heavy (non-hydrogen) atoms. The van der Waals surface area contributed by atoms with Crippen molar-refractivity contribution in [3.63, 3.8) is 0 Å². The van der Waals surface area contributed by atoms with Crippen LogP contribution in [-0.4, -0.2) is 41.1 Å². The smallest absolute Gasteiger partial charge is 0.275 e. The quantitative estimate of drug-likeness (QED) is 0.546. The summed E-state index contributed by atoms with van der Waals surface area (Å²) in [5.41, 5.74) is 1.80. The van der Waals surface area contributed by atoms with E-state index in [1.54, 1.807) is 30.1 Å². The van der Waals surface area contributed by atoms with E-state index >= 15 is 0 Å². The molecule has 0 bridgehead atoms. The SMILES string of the molecule is CCN(C)C(=O)c1coc(CN(Cc2ccc3c(c2)OCO3)Cc2ccccc2F)n1. The Hall–Kier alpha value is -3.39. The number of halogens is 1. The van der Waals surface area contributed by atoms with Crippen molar-refractivity contribution in [2.45, 2.75) is 26.6 Å². The van der Waals surface area contributed by atoms with Gasteiger partial charge in [0.15, 0.2) is 17.2 Å². The van der Waals surface area contributed by atoms with E-state index < -0.39 is 0 Å². The fourth-order valence-corrected chi connectivity index (χ4v) is 3.34. The number of carbonyl (C=O) groups excluding carboxylic acids is 1. The van der Waals surface area contributed by atoms with Crippen molar-refractivity contribution in [1.29, 1.82) is 0 Å². The first kappa shape index (κ1) is 20.9. The Bertz CT molecular complexity index is 1070. The van der Waals surface area contributed by atoms with Crippen LogP contribution >= 0.6 is 0 Å². The van der Waals surface area contributed by atoms with Gasteiger partial charge < -0.3 is 18.8 Å². The van der Waals surface area contributed by atoms with E-state index in [4.69, 9.17) is 13.9 Å². The maximum atomic E-state index is 14.3. The van der Waals surface area contributed by atoms with Crippen molar-refractivity contribution < 1.29 is 23.1 Å². The molecule has 2 aromatic carbocycles. The predicted molar refractivity (Wildman–Crippen MR) is 111 cm³/mol. The molecule has 1 aliphatic heterocycles. The Morgan fingerprint density at radius 3 is 2.71 bits per heavy atom. The van der Waals surface area contributed by atoms with Gasteiger partial charge in [-0.05, 0) is 30.7 Å². The molecule has 0 unspecified atom stereocenters. The van der Waals surface area contributed by atoms with Crippen LogP contribution in [0.25, 0.3) is 0 Å². The minimum atomic E-state index is -0.272. The van der Waals surface area contributed by atoms with Crippen LogP contribution in [0.5, 0.6) is 11.5 Å². The van der Waals surface area contributed by atoms with Gasteiger partial charge in [0.2, 0.25) is 12.7 Å². The summed E-state index contributed by atoms with van der Waals surface area (Å²) in [6.07, 6.45) is 1.37. The third-order valence-electron chi connectivity index (χ3n) is 5.15. The van der Waals surface area contributed by atoms with Gasteiger partial charge in [-0.2, -0.15) is 0 Å². The molecule has 0 atom stereocenters. The van der Waals surface area contributed by atoms with Gasteiger partial charge in [-0.15, -0.1) is 0 Å². The van der Waals surface area contributed by atoms with Crippen molar-refractivity contribution in [2.75, 3.05) is 20.4 Å². The van der Waals surface area contributed by atoms with Crippen molar-refractivity contribution in [3.8, 4) is 11.5 Å².